The third-order valence-electron chi connectivity index (χ3n) is 1.37. The highest BCUT2D eigenvalue weighted by atomic mass is 127. The summed E-state index contributed by atoms with van der Waals surface area (Å²) < 4.78 is 0.624. The van der Waals surface area contributed by atoms with Crippen molar-refractivity contribution in [2.75, 3.05) is 0 Å². The zero-order valence-electron chi connectivity index (χ0n) is 6.20. The summed E-state index contributed by atoms with van der Waals surface area (Å²) in [6.45, 7) is 6.16. The van der Waals surface area contributed by atoms with Crippen molar-refractivity contribution >= 4 is 22.6 Å². The molecule has 1 unspecified atom stereocenters. The second kappa shape index (κ2) is 6.84. The lowest BCUT2D eigenvalue weighted by molar-refractivity contribution is 0.646. The van der Waals surface area contributed by atoms with Gasteiger partial charge in [0.15, 0.2) is 0 Å². The Morgan fingerprint density at radius 1 is 1.33 bits per heavy atom. The summed E-state index contributed by atoms with van der Waals surface area (Å²) >= 11 is 2.38. The van der Waals surface area contributed by atoms with Crippen LogP contribution >= 0.6 is 22.6 Å². The molecule has 1 atom stereocenters. The molecule has 0 aliphatic rings. The molecule has 0 aliphatic carbocycles. The molecule has 9 heavy (non-hydrogen) atoms. The van der Waals surface area contributed by atoms with Gasteiger partial charge in [-0.15, -0.1) is 0 Å². The summed E-state index contributed by atoms with van der Waals surface area (Å²) in [7, 11) is 0. The maximum absolute atomic E-state index is 3.92. The number of alkyl halides is 1. The topological polar surface area (TPSA) is 0 Å². The van der Waals surface area contributed by atoms with E-state index in [0.29, 0.717) is 3.92 Å². The maximum atomic E-state index is 3.92. The van der Waals surface area contributed by atoms with E-state index in [1.54, 1.807) is 0 Å². The molecule has 1 heteroatoms. The Bertz CT molecular complexity index is 50.5. The molecule has 0 aromatic heterocycles. The van der Waals surface area contributed by atoms with Crippen LogP contribution in [0.5, 0.6) is 0 Å². The first-order valence-electron chi connectivity index (χ1n) is 3.74. The highest BCUT2D eigenvalue weighted by Crippen LogP contribution is 2.10. The van der Waals surface area contributed by atoms with Gasteiger partial charge in [0.1, 0.15) is 0 Å². The van der Waals surface area contributed by atoms with Crippen LogP contribution in [0.15, 0.2) is 0 Å². The quantitative estimate of drug-likeness (QED) is 0.390. The smallest absolute Gasteiger partial charge is 0.0110 e. The van der Waals surface area contributed by atoms with Crippen molar-refractivity contribution in [2.45, 2.75) is 43.0 Å². The molecule has 0 aromatic rings. The Morgan fingerprint density at radius 3 is 2.44 bits per heavy atom. The Kier molecular flexibility index (Phi) is 7.40. The number of hydrogen-bond acceptors (Lipinski definition) is 0. The van der Waals surface area contributed by atoms with Gasteiger partial charge in [0.2, 0.25) is 0 Å². The highest BCUT2D eigenvalue weighted by molar-refractivity contribution is 14.1. The molecule has 0 aromatic carbocycles. The molecule has 0 saturated heterocycles. The van der Waals surface area contributed by atoms with Gasteiger partial charge >= 0.3 is 0 Å². The summed E-state index contributed by atoms with van der Waals surface area (Å²) in [6, 6.07) is 0. The summed E-state index contributed by atoms with van der Waals surface area (Å²) in [4.78, 5) is 0. The molecule has 0 bridgehead atoms. The van der Waals surface area contributed by atoms with Crippen LogP contribution in [0.3, 0.4) is 0 Å². The summed E-state index contributed by atoms with van der Waals surface area (Å²) in [5.74, 6) is 0. The van der Waals surface area contributed by atoms with E-state index in [4.69, 9.17) is 0 Å². The zero-order chi connectivity index (χ0) is 7.11. The molecule has 0 rings (SSSR count). The minimum absolute atomic E-state index is 0.624. The maximum Gasteiger partial charge on any atom is 0.0110 e. The van der Waals surface area contributed by atoms with Crippen LogP contribution in [0, 0.1) is 6.92 Å². The minimum Gasteiger partial charge on any atom is -0.0826 e. The molecule has 0 spiro atoms. The Balaban J connectivity index is 2.75. The van der Waals surface area contributed by atoms with E-state index in [-0.39, 0.29) is 0 Å². The first-order valence-corrected chi connectivity index (χ1v) is 4.99. The van der Waals surface area contributed by atoms with Gasteiger partial charge in [-0.05, 0) is 13.3 Å². The van der Waals surface area contributed by atoms with Gasteiger partial charge in [-0.2, -0.15) is 0 Å². The van der Waals surface area contributed by atoms with Crippen LogP contribution in [0.25, 0.3) is 0 Å². The van der Waals surface area contributed by atoms with Gasteiger partial charge < -0.3 is 0 Å². The molecule has 55 valence electrons. The molecule has 0 aliphatic heterocycles. The van der Waals surface area contributed by atoms with Crippen molar-refractivity contribution in [3.8, 4) is 0 Å². The van der Waals surface area contributed by atoms with Crippen LogP contribution in [0.4, 0.5) is 0 Å². The number of halogens is 1. The molecule has 0 saturated carbocycles. The number of rotatable bonds is 5. The van der Waals surface area contributed by atoms with Crippen LogP contribution in [-0.4, -0.2) is 3.92 Å². The van der Waals surface area contributed by atoms with E-state index >= 15 is 0 Å². The Labute approximate surface area is 72.6 Å². The van der Waals surface area contributed by atoms with Crippen LogP contribution in [-0.2, 0) is 0 Å². The number of hydrogen-bond donors (Lipinski definition) is 0. The van der Waals surface area contributed by atoms with Gasteiger partial charge in [0.05, 0.1) is 0 Å². The van der Waals surface area contributed by atoms with Crippen LogP contribution < -0.4 is 0 Å². The highest BCUT2D eigenvalue weighted by Gasteiger charge is 1.93. The van der Waals surface area contributed by atoms with Crippen molar-refractivity contribution in [2.24, 2.45) is 0 Å². The predicted octanol–water partition coefficient (Wildman–Crippen LogP) is 3.59. The number of unbranched alkanes of at least 4 members (excludes halogenated alkanes) is 3. The van der Waals surface area contributed by atoms with Gasteiger partial charge in [0, 0.05) is 3.92 Å². The lowest BCUT2D eigenvalue weighted by atomic mass is 10.1. The lowest BCUT2D eigenvalue weighted by Gasteiger charge is -2.00. The second-order valence-corrected chi connectivity index (χ2v) is 4.21. The fraction of sp³-hybridized carbons (Fsp3) is 0.875. The minimum atomic E-state index is 0.624. The summed E-state index contributed by atoms with van der Waals surface area (Å²) in [5, 5.41) is 0. The van der Waals surface area contributed by atoms with E-state index in [1.807, 2.05) is 0 Å². The van der Waals surface area contributed by atoms with Gasteiger partial charge in [-0.1, -0.05) is 55.2 Å². The Morgan fingerprint density at radius 2 is 2.00 bits per heavy atom. The van der Waals surface area contributed by atoms with Gasteiger partial charge in [-0.3, -0.25) is 0 Å². The van der Waals surface area contributed by atoms with Crippen molar-refractivity contribution in [3.63, 3.8) is 0 Å². The molecule has 0 fully saturated rings. The summed E-state index contributed by atoms with van der Waals surface area (Å²) in [5.41, 5.74) is 0. The molecular weight excluding hydrogens is 223 g/mol. The summed E-state index contributed by atoms with van der Waals surface area (Å²) in [6.07, 6.45) is 6.78. The second-order valence-electron chi connectivity index (χ2n) is 2.45. The first-order chi connectivity index (χ1) is 4.27. The average Bonchev–Trinajstić information content (AvgIpc) is 1.80. The third-order valence-corrected chi connectivity index (χ3v) is 1.99. The largest absolute Gasteiger partial charge is 0.0826 e. The van der Waals surface area contributed by atoms with Crippen molar-refractivity contribution in [3.05, 3.63) is 6.92 Å². The molecule has 1 radical (unpaired) electrons. The molecule has 0 N–H and O–H groups in total. The lowest BCUT2D eigenvalue weighted by Crippen LogP contribution is -1.88. The van der Waals surface area contributed by atoms with E-state index < -0.39 is 0 Å². The molecule has 0 heterocycles. The van der Waals surface area contributed by atoms with Crippen molar-refractivity contribution < 1.29 is 0 Å². The normalized spacial score (nSPS) is 13.7. The zero-order valence-corrected chi connectivity index (χ0v) is 8.36. The molecule has 0 amide bonds. The monoisotopic (exact) mass is 239 g/mol. The van der Waals surface area contributed by atoms with Gasteiger partial charge in [0.25, 0.3) is 0 Å². The van der Waals surface area contributed by atoms with E-state index in [9.17, 15) is 0 Å². The van der Waals surface area contributed by atoms with Crippen molar-refractivity contribution in [1.82, 2.24) is 0 Å². The fourth-order valence-electron chi connectivity index (χ4n) is 0.793. The van der Waals surface area contributed by atoms with Crippen LogP contribution in [0.1, 0.15) is 39.0 Å². The Hall–Kier alpha value is 0.730. The first kappa shape index (κ1) is 9.73. The molecule has 0 nitrogen and oxygen atoms in total. The fourth-order valence-corrected chi connectivity index (χ4v) is 1.23. The van der Waals surface area contributed by atoms with E-state index in [1.165, 1.54) is 32.1 Å². The van der Waals surface area contributed by atoms with E-state index in [2.05, 4.69) is 36.4 Å². The standard InChI is InChI=1S/C8H16I/c1-3-4-5-6-7-8(2)9/h8H,2-7H2,1H3. The van der Waals surface area contributed by atoms with E-state index in [0.717, 1.165) is 0 Å². The average molecular weight is 239 g/mol. The van der Waals surface area contributed by atoms with Gasteiger partial charge in [-0.25, -0.2) is 0 Å². The third kappa shape index (κ3) is 8.73. The van der Waals surface area contributed by atoms with Crippen LogP contribution in [0.2, 0.25) is 0 Å². The molecular formula is C8H16I. The predicted molar refractivity (Wildman–Crippen MR) is 51.9 cm³/mol. The SMILES string of the molecule is [CH2]C(I)CCCCCC. The van der Waals surface area contributed by atoms with Crippen molar-refractivity contribution in [1.29, 1.82) is 0 Å².